The van der Waals surface area contributed by atoms with Crippen LogP contribution in [0.5, 0.6) is 0 Å². The van der Waals surface area contributed by atoms with Crippen molar-refractivity contribution in [2.45, 2.75) is 76.7 Å². The molecule has 0 aliphatic heterocycles. The number of ether oxygens (including phenoxy) is 1. The van der Waals surface area contributed by atoms with E-state index in [4.69, 9.17) is 4.74 Å². The average Bonchev–Trinajstić information content (AvgIpc) is 2.49. The first-order valence-corrected chi connectivity index (χ1v) is 7.02. The van der Waals surface area contributed by atoms with Gasteiger partial charge in [-0.3, -0.25) is 0 Å². The molecule has 0 bridgehead atoms. The highest BCUT2D eigenvalue weighted by atomic mass is 16.5. The molecule has 0 aromatic heterocycles. The fourth-order valence-electron chi connectivity index (χ4n) is 3.31. The molecule has 2 fully saturated rings. The maximum absolute atomic E-state index is 10.1. The number of aliphatic hydroxyl groups excluding tert-OH is 1. The van der Waals surface area contributed by atoms with Crippen LogP contribution in [-0.4, -0.2) is 36.5 Å². The molecule has 2 aliphatic carbocycles. The minimum Gasteiger partial charge on any atom is -0.392 e. The van der Waals surface area contributed by atoms with Crippen molar-refractivity contribution in [1.29, 1.82) is 0 Å². The first kappa shape index (κ1) is 13.3. The van der Waals surface area contributed by atoms with E-state index in [9.17, 15) is 5.11 Å². The SMILES string of the molecule is COC1CC(NC2CCCCCC2O)C1(C)C. The predicted octanol–water partition coefficient (Wildman–Crippen LogP) is 2.08. The van der Waals surface area contributed by atoms with Gasteiger partial charge in [0.1, 0.15) is 0 Å². The van der Waals surface area contributed by atoms with E-state index in [0.29, 0.717) is 18.2 Å². The Balaban J connectivity index is 1.88. The summed E-state index contributed by atoms with van der Waals surface area (Å²) < 4.78 is 5.47. The number of rotatable bonds is 3. The van der Waals surface area contributed by atoms with Crippen molar-refractivity contribution < 1.29 is 9.84 Å². The normalized spacial score (nSPS) is 41.6. The largest absolute Gasteiger partial charge is 0.392 e. The molecule has 4 unspecified atom stereocenters. The van der Waals surface area contributed by atoms with Gasteiger partial charge in [-0.05, 0) is 19.3 Å². The van der Waals surface area contributed by atoms with Crippen LogP contribution in [0.2, 0.25) is 0 Å². The van der Waals surface area contributed by atoms with E-state index in [-0.39, 0.29) is 11.5 Å². The summed E-state index contributed by atoms with van der Waals surface area (Å²) in [6, 6.07) is 0.782. The van der Waals surface area contributed by atoms with Gasteiger partial charge in [-0.15, -0.1) is 0 Å². The summed E-state index contributed by atoms with van der Waals surface area (Å²) in [5.41, 5.74) is 0.195. The predicted molar refractivity (Wildman–Crippen MR) is 69.0 cm³/mol. The summed E-state index contributed by atoms with van der Waals surface area (Å²) in [5.74, 6) is 0. The molecular weight excluding hydrogens is 214 g/mol. The van der Waals surface area contributed by atoms with E-state index in [2.05, 4.69) is 19.2 Å². The minimum absolute atomic E-state index is 0.158. The topological polar surface area (TPSA) is 41.5 Å². The van der Waals surface area contributed by atoms with Crippen molar-refractivity contribution in [2.24, 2.45) is 5.41 Å². The molecule has 4 atom stereocenters. The van der Waals surface area contributed by atoms with Crippen LogP contribution < -0.4 is 5.32 Å². The Morgan fingerprint density at radius 2 is 1.88 bits per heavy atom. The van der Waals surface area contributed by atoms with Crippen molar-refractivity contribution in [3.63, 3.8) is 0 Å². The molecule has 0 aromatic carbocycles. The van der Waals surface area contributed by atoms with Crippen LogP contribution in [0.4, 0.5) is 0 Å². The third-order valence-corrected chi connectivity index (χ3v) is 4.86. The number of hydrogen-bond acceptors (Lipinski definition) is 3. The van der Waals surface area contributed by atoms with Crippen molar-refractivity contribution >= 4 is 0 Å². The van der Waals surface area contributed by atoms with Gasteiger partial charge in [-0.1, -0.05) is 33.1 Å². The molecule has 3 heteroatoms. The molecule has 0 saturated heterocycles. The Bertz CT molecular complexity index is 255. The molecule has 0 radical (unpaired) electrons. The van der Waals surface area contributed by atoms with Gasteiger partial charge in [0.05, 0.1) is 12.2 Å². The maximum Gasteiger partial charge on any atom is 0.0693 e. The Morgan fingerprint density at radius 3 is 2.53 bits per heavy atom. The standard InChI is InChI=1S/C14H27NO2/c1-14(2)12(9-13(14)17-3)15-10-7-5-4-6-8-11(10)16/h10-13,15-16H,4-9H2,1-3H3. The Labute approximate surface area is 105 Å². The molecular formula is C14H27NO2. The molecule has 100 valence electrons. The number of hydrogen-bond donors (Lipinski definition) is 2. The minimum atomic E-state index is -0.158. The van der Waals surface area contributed by atoms with Gasteiger partial charge >= 0.3 is 0 Å². The van der Waals surface area contributed by atoms with Crippen molar-refractivity contribution in [1.82, 2.24) is 5.32 Å². The quantitative estimate of drug-likeness (QED) is 0.743. The third-order valence-electron chi connectivity index (χ3n) is 4.86. The van der Waals surface area contributed by atoms with Crippen LogP contribution in [0.3, 0.4) is 0 Å². The lowest BCUT2D eigenvalue weighted by Crippen LogP contribution is -2.63. The summed E-state index contributed by atoms with van der Waals surface area (Å²) in [6.07, 6.45) is 7.04. The summed E-state index contributed by atoms with van der Waals surface area (Å²) in [6.45, 7) is 4.51. The van der Waals surface area contributed by atoms with Gasteiger partial charge in [0.25, 0.3) is 0 Å². The number of methoxy groups -OCH3 is 1. The molecule has 0 heterocycles. The lowest BCUT2D eigenvalue weighted by Gasteiger charge is -2.52. The zero-order valence-electron chi connectivity index (χ0n) is 11.4. The van der Waals surface area contributed by atoms with Crippen molar-refractivity contribution in [3.8, 4) is 0 Å². The lowest BCUT2D eigenvalue weighted by atomic mass is 9.64. The van der Waals surface area contributed by atoms with Crippen LogP contribution in [0.1, 0.15) is 52.4 Å². The fraction of sp³-hybridized carbons (Fsp3) is 1.00. The highest BCUT2D eigenvalue weighted by molar-refractivity contribution is 5.04. The fourth-order valence-corrected chi connectivity index (χ4v) is 3.31. The van der Waals surface area contributed by atoms with E-state index < -0.39 is 0 Å². The van der Waals surface area contributed by atoms with Crippen LogP contribution >= 0.6 is 0 Å². The highest BCUT2D eigenvalue weighted by Gasteiger charge is 2.49. The van der Waals surface area contributed by atoms with Gasteiger partial charge in [0, 0.05) is 24.6 Å². The zero-order chi connectivity index (χ0) is 12.5. The van der Waals surface area contributed by atoms with E-state index in [0.717, 1.165) is 19.3 Å². The maximum atomic E-state index is 10.1. The summed E-state index contributed by atoms with van der Waals surface area (Å²) in [7, 11) is 1.79. The van der Waals surface area contributed by atoms with Gasteiger partial charge in [-0.25, -0.2) is 0 Å². The molecule has 0 spiro atoms. The first-order chi connectivity index (χ1) is 8.05. The lowest BCUT2D eigenvalue weighted by molar-refractivity contribution is -0.104. The first-order valence-electron chi connectivity index (χ1n) is 7.02. The van der Waals surface area contributed by atoms with Crippen LogP contribution in [0, 0.1) is 5.41 Å². The zero-order valence-corrected chi connectivity index (χ0v) is 11.4. The highest BCUT2D eigenvalue weighted by Crippen LogP contribution is 2.43. The molecule has 3 nitrogen and oxygen atoms in total. The molecule has 0 aromatic rings. The number of nitrogens with one attached hydrogen (secondary N) is 1. The van der Waals surface area contributed by atoms with Gasteiger partial charge in [-0.2, -0.15) is 0 Å². The second-order valence-corrected chi connectivity index (χ2v) is 6.31. The summed E-state index contributed by atoms with van der Waals surface area (Å²) >= 11 is 0. The molecule has 2 N–H and O–H groups in total. The summed E-state index contributed by atoms with van der Waals surface area (Å²) in [4.78, 5) is 0. The molecule has 17 heavy (non-hydrogen) atoms. The van der Waals surface area contributed by atoms with Gasteiger partial charge < -0.3 is 15.2 Å². The Kier molecular flexibility index (Phi) is 4.11. The van der Waals surface area contributed by atoms with E-state index >= 15 is 0 Å². The molecule has 2 rings (SSSR count). The van der Waals surface area contributed by atoms with Crippen LogP contribution in [0.25, 0.3) is 0 Å². The van der Waals surface area contributed by atoms with Gasteiger partial charge in [0.15, 0.2) is 0 Å². The smallest absolute Gasteiger partial charge is 0.0693 e. The Morgan fingerprint density at radius 1 is 1.18 bits per heavy atom. The van der Waals surface area contributed by atoms with Crippen LogP contribution in [-0.2, 0) is 4.74 Å². The Hall–Kier alpha value is -0.120. The van der Waals surface area contributed by atoms with Crippen molar-refractivity contribution in [3.05, 3.63) is 0 Å². The summed E-state index contributed by atoms with van der Waals surface area (Å²) in [5, 5.41) is 13.8. The number of aliphatic hydroxyl groups is 1. The second kappa shape index (κ2) is 5.25. The van der Waals surface area contributed by atoms with Crippen LogP contribution in [0.15, 0.2) is 0 Å². The van der Waals surface area contributed by atoms with E-state index in [1.807, 2.05) is 0 Å². The van der Waals surface area contributed by atoms with E-state index in [1.54, 1.807) is 7.11 Å². The third kappa shape index (κ3) is 2.67. The van der Waals surface area contributed by atoms with Crippen molar-refractivity contribution in [2.75, 3.05) is 7.11 Å². The second-order valence-electron chi connectivity index (χ2n) is 6.31. The van der Waals surface area contributed by atoms with E-state index in [1.165, 1.54) is 19.3 Å². The average molecular weight is 241 g/mol. The molecule has 2 aliphatic rings. The molecule has 0 amide bonds. The van der Waals surface area contributed by atoms with Gasteiger partial charge in [0.2, 0.25) is 0 Å². The monoisotopic (exact) mass is 241 g/mol. The molecule has 2 saturated carbocycles.